The maximum atomic E-state index is 11.2. The minimum atomic E-state index is -0.203. The number of fused-ring (bicyclic) bond motifs is 1. The summed E-state index contributed by atoms with van der Waals surface area (Å²) in [7, 11) is 1.87. The highest BCUT2D eigenvalue weighted by Gasteiger charge is 2.18. The summed E-state index contributed by atoms with van der Waals surface area (Å²) in [6.45, 7) is 7.78. The van der Waals surface area contributed by atoms with Crippen LogP contribution in [-0.2, 0) is 17.3 Å². The molecular weight excluding hydrogens is 396 g/mol. The Labute approximate surface area is 179 Å². The van der Waals surface area contributed by atoms with Crippen LogP contribution in [0.4, 0.5) is 17.6 Å². The Hall–Kier alpha value is -3.95. The molecule has 0 saturated heterocycles. The summed E-state index contributed by atoms with van der Waals surface area (Å²) >= 11 is 0. The number of aromatic nitrogens is 6. The second-order valence-corrected chi connectivity index (χ2v) is 8.19. The molecule has 0 unspecified atom stereocenters. The lowest BCUT2D eigenvalue weighted by Gasteiger charge is -2.14. The molecule has 10 heteroatoms. The van der Waals surface area contributed by atoms with E-state index in [4.69, 9.17) is 4.74 Å². The zero-order valence-electron chi connectivity index (χ0n) is 18.0. The van der Waals surface area contributed by atoms with Crippen molar-refractivity contribution in [2.24, 2.45) is 7.05 Å². The van der Waals surface area contributed by atoms with Crippen LogP contribution in [0.1, 0.15) is 33.4 Å². The molecule has 10 nitrogen and oxygen atoms in total. The Balaban J connectivity index is 1.57. The lowest BCUT2D eigenvalue weighted by Crippen LogP contribution is -2.11. The molecule has 0 aliphatic rings. The van der Waals surface area contributed by atoms with Crippen molar-refractivity contribution in [3.8, 4) is 11.6 Å². The highest BCUT2D eigenvalue weighted by Crippen LogP contribution is 2.27. The van der Waals surface area contributed by atoms with Gasteiger partial charge in [0.1, 0.15) is 17.1 Å². The quantitative estimate of drug-likeness (QED) is 0.448. The average Bonchev–Trinajstić information content (AvgIpc) is 3.28. The van der Waals surface area contributed by atoms with Crippen molar-refractivity contribution in [1.29, 1.82) is 0 Å². The van der Waals surface area contributed by atoms with Gasteiger partial charge in [-0.3, -0.25) is 14.5 Å². The van der Waals surface area contributed by atoms with Crippen LogP contribution in [-0.4, -0.2) is 35.6 Å². The van der Waals surface area contributed by atoms with Crippen LogP contribution in [0.25, 0.3) is 11.2 Å². The van der Waals surface area contributed by atoms with Crippen LogP contribution in [0.5, 0.6) is 11.6 Å². The normalized spacial score (nSPS) is 11.5. The molecule has 4 aromatic rings. The number of carbonyl (C=O) groups excluding carboxylic acids is 1. The predicted octanol–water partition coefficient (Wildman–Crippen LogP) is 3.88. The molecule has 0 bridgehead atoms. The molecule has 4 aromatic heterocycles. The summed E-state index contributed by atoms with van der Waals surface area (Å²) in [5, 5.41) is 13.2. The van der Waals surface area contributed by atoms with Gasteiger partial charge in [0.25, 0.3) is 0 Å². The number of hydrogen-bond donors (Lipinski definition) is 3. The number of anilines is 3. The van der Waals surface area contributed by atoms with E-state index >= 15 is 0 Å². The van der Waals surface area contributed by atoms with Crippen molar-refractivity contribution in [3.63, 3.8) is 0 Å². The second kappa shape index (κ2) is 7.71. The smallest absolute Gasteiger partial charge is 0.222 e. The van der Waals surface area contributed by atoms with Crippen LogP contribution in [0.15, 0.2) is 36.5 Å². The standard InChI is InChI=1S/C21H24N8O2/c1-12(30)23-16-10-13(8-9-22-16)31-18-7-6-14-19(26-18)29(5)20(24-14)25-17-11-15(27-28-17)21(2,3)4/h6-11H,1-5H3,(H,22,23,30)(H2,24,25,27,28). The molecule has 0 atom stereocenters. The Bertz CT molecular complexity index is 1250. The van der Waals surface area contributed by atoms with Gasteiger partial charge in [0.15, 0.2) is 11.5 Å². The van der Waals surface area contributed by atoms with Gasteiger partial charge in [-0.2, -0.15) is 10.1 Å². The number of aryl methyl sites for hydroxylation is 1. The highest BCUT2D eigenvalue weighted by atomic mass is 16.5. The summed E-state index contributed by atoms with van der Waals surface area (Å²) in [5.41, 5.74) is 2.37. The molecule has 0 saturated carbocycles. The van der Waals surface area contributed by atoms with Gasteiger partial charge in [0.05, 0.1) is 0 Å². The first-order valence-corrected chi connectivity index (χ1v) is 9.77. The van der Waals surface area contributed by atoms with Gasteiger partial charge in [0, 0.05) is 49.5 Å². The Morgan fingerprint density at radius 2 is 1.94 bits per heavy atom. The summed E-state index contributed by atoms with van der Waals surface area (Å²) in [6.07, 6.45) is 1.56. The molecule has 0 aliphatic carbocycles. The molecule has 3 N–H and O–H groups in total. The number of pyridine rings is 2. The zero-order valence-corrected chi connectivity index (χ0v) is 18.0. The van der Waals surface area contributed by atoms with Gasteiger partial charge in [0.2, 0.25) is 17.7 Å². The molecular formula is C21H24N8O2. The summed E-state index contributed by atoms with van der Waals surface area (Å²) in [4.78, 5) is 24.5. The maximum absolute atomic E-state index is 11.2. The fraction of sp³-hybridized carbons (Fsp3) is 0.286. The number of ether oxygens (including phenoxy) is 1. The molecule has 4 heterocycles. The number of rotatable bonds is 5. The van der Waals surface area contributed by atoms with E-state index in [-0.39, 0.29) is 11.3 Å². The van der Waals surface area contributed by atoms with E-state index in [2.05, 4.69) is 56.6 Å². The first-order valence-electron chi connectivity index (χ1n) is 9.77. The largest absolute Gasteiger partial charge is 0.439 e. The molecule has 160 valence electrons. The number of amides is 1. The Kier molecular flexibility index (Phi) is 5.05. The van der Waals surface area contributed by atoms with Gasteiger partial charge < -0.3 is 15.4 Å². The van der Waals surface area contributed by atoms with Gasteiger partial charge in [-0.25, -0.2) is 9.97 Å². The molecule has 0 aromatic carbocycles. The Morgan fingerprint density at radius 1 is 1.13 bits per heavy atom. The third-order valence-electron chi connectivity index (χ3n) is 4.57. The molecule has 31 heavy (non-hydrogen) atoms. The monoisotopic (exact) mass is 420 g/mol. The van der Waals surface area contributed by atoms with Crippen molar-refractivity contribution in [2.45, 2.75) is 33.1 Å². The van der Waals surface area contributed by atoms with Gasteiger partial charge in [-0.1, -0.05) is 20.8 Å². The molecule has 0 aliphatic heterocycles. The molecule has 0 spiro atoms. The van der Waals surface area contributed by atoms with Crippen LogP contribution < -0.4 is 15.4 Å². The molecule has 0 fully saturated rings. The zero-order chi connectivity index (χ0) is 22.2. The Morgan fingerprint density at radius 3 is 2.65 bits per heavy atom. The number of hydrogen-bond acceptors (Lipinski definition) is 7. The first kappa shape index (κ1) is 20.3. The lowest BCUT2D eigenvalue weighted by molar-refractivity contribution is -0.114. The van der Waals surface area contributed by atoms with E-state index in [0.717, 1.165) is 11.2 Å². The topological polar surface area (TPSA) is 123 Å². The van der Waals surface area contributed by atoms with E-state index < -0.39 is 0 Å². The number of nitrogens with zero attached hydrogens (tertiary/aromatic N) is 5. The average molecular weight is 420 g/mol. The van der Waals surface area contributed by atoms with Crippen molar-refractivity contribution in [2.75, 3.05) is 10.6 Å². The summed E-state index contributed by atoms with van der Waals surface area (Å²) < 4.78 is 7.69. The van der Waals surface area contributed by atoms with Crippen molar-refractivity contribution < 1.29 is 9.53 Å². The number of H-pyrrole nitrogens is 1. The summed E-state index contributed by atoms with van der Waals surface area (Å²) in [5.74, 6) is 2.41. The van der Waals surface area contributed by atoms with E-state index in [0.29, 0.717) is 34.9 Å². The van der Waals surface area contributed by atoms with Gasteiger partial charge >= 0.3 is 0 Å². The van der Waals surface area contributed by atoms with Crippen LogP contribution in [0.3, 0.4) is 0 Å². The van der Waals surface area contributed by atoms with E-state index in [1.54, 1.807) is 24.4 Å². The number of nitrogens with one attached hydrogen (secondary N) is 3. The van der Waals surface area contributed by atoms with E-state index in [1.165, 1.54) is 6.92 Å². The van der Waals surface area contributed by atoms with Crippen molar-refractivity contribution in [3.05, 3.63) is 42.2 Å². The molecule has 4 rings (SSSR count). The number of imidazole rings is 1. The fourth-order valence-corrected chi connectivity index (χ4v) is 2.94. The maximum Gasteiger partial charge on any atom is 0.222 e. The third-order valence-corrected chi connectivity index (χ3v) is 4.57. The van der Waals surface area contributed by atoms with Crippen molar-refractivity contribution in [1.82, 2.24) is 29.7 Å². The van der Waals surface area contributed by atoms with Crippen molar-refractivity contribution >= 4 is 34.7 Å². The number of aromatic amines is 1. The molecule has 1 amide bonds. The third kappa shape index (κ3) is 4.47. The van der Waals surface area contributed by atoms with Crippen LogP contribution in [0, 0.1) is 0 Å². The van der Waals surface area contributed by atoms with Gasteiger partial charge in [-0.15, -0.1) is 0 Å². The minimum Gasteiger partial charge on any atom is -0.439 e. The molecule has 0 radical (unpaired) electrons. The van der Waals surface area contributed by atoms with Crippen LogP contribution in [0.2, 0.25) is 0 Å². The van der Waals surface area contributed by atoms with E-state index in [1.807, 2.05) is 23.7 Å². The van der Waals surface area contributed by atoms with Crippen LogP contribution >= 0.6 is 0 Å². The lowest BCUT2D eigenvalue weighted by atomic mass is 9.92. The van der Waals surface area contributed by atoms with Gasteiger partial charge in [-0.05, 0) is 12.1 Å². The minimum absolute atomic E-state index is 0.0279. The summed E-state index contributed by atoms with van der Waals surface area (Å²) in [6, 6.07) is 8.87. The predicted molar refractivity (Wildman–Crippen MR) is 118 cm³/mol. The first-order chi connectivity index (χ1) is 14.7. The SMILES string of the molecule is CC(=O)Nc1cc(Oc2ccc3nc(Nc4cc(C(C)(C)C)[nH]n4)n(C)c3n2)ccn1. The fourth-order valence-electron chi connectivity index (χ4n) is 2.94. The van der Waals surface area contributed by atoms with E-state index in [9.17, 15) is 4.79 Å². The highest BCUT2D eigenvalue weighted by molar-refractivity contribution is 5.87. The second-order valence-electron chi connectivity index (χ2n) is 8.19. The number of carbonyl (C=O) groups is 1.